The van der Waals surface area contributed by atoms with Crippen LogP contribution in [0, 0.1) is 11.8 Å². The molecule has 42 heavy (non-hydrogen) atoms. The van der Waals surface area contributed by atoms with Crippen molar-refractivity contribution in [3.05, 3.63) is 90.5 Å². The zero-order valence-electron chi connectivity index (χ0n) is 24.6. The van der Waals surface area contributed by atoms with E-state index in [1.54, 1.807) is 21.6 Å². The van der Waals surface area contributed by atoms with Crippen molar-refractivity contribution in [1.29, 1.82) is 0 Å². The van der Waals surface area contributed by atoms with Gasteiger partial charge in [-0.15, -0.1) is 11.8 Å². The summed E-state index contributed by atoms with van der Waals surface area (Å²) in [5.74, 6) is -1.93. The summed E-state index contributed by atoms with van der Waals surface area (Å²) in [4.78, 5) is 49.3. The standard InChI is InChI=1S/C34H39N3O4S/c1-32(2,3)36-20-12-18-34-27(26-29(39)35(24-15-9-6-10-16-24)19-11-17-33(26,4)42-34)30(40)37(28(34)31(36)41)25(22-38)21-23-13-7-5-8-14-23/h5-18,25-28,38H,19-22H2,1-4H3/t25-,26+,27+,28?,33-,34+/m1/s1. The summed E-state index contributed by atoms with van der Waals surface area (Å²) >= 11 is 1.57. The Morgan fingerprint density at radius 2 is 1.52 bits per heavy atom. The van der Waals surface area contributed by atoms with Crippen molar-refractivity contribution in [2.45, 2.75) is 61.2 Å². The molecule has 4 heterocycles. The maximum Gasteiger partial charge on any atom is 0.247 e. The van der Waals surface area contributed by atoms with E-state index in [0.29, 0.717) is 19.5 Å². The van der Waals surface area contributed by atoms with Crippen LogP contribution in [-0.4, -0.2) is 79.4 Å². The number of hydrogen-bond donors (Lipinski definition) is 1. The second-order valence-corrected chi connectivity index (χ2v) is 14.8. The van der Waals surface area contributed by atoms with E-state index in [-0.39, 0.29) is 24.3 Å². The number of para-hydroxylation sites is 1. The van der Waals surface area contributed by atoms with Crippen molar-refractivity contribution in [2.75, 3.05) is 24.6 Å². The quantitative estimate of drug-likeness (QED) is 0.535. The van der Waals surface area contributed by atoms with Gasteiger partial charge in [0.1, 0.15) is 6.04 Å². The van der Waals surface area contributed by atoms with Crippen molar-refractivity contribution < 1.29 is 19.5 Å². The lowest BCUT2D eigenvalue weighted by Gasteiger charge is -2.42. The van der Waals surface area contributed by atoms with Crippen LogP contribution in [0.15, 0.2) is 85.0 Å². The minimum Gasteiger partial charge on any atom is -0.394 e. The van der Waals surface area contributed by atoms with Gasteiger partial charge in [0.15, 0.2) is 0 Å². The molecule has 1 spiro atoms. The lowest BCUT2D eigenvalue weighted by Crippen LogP contribution is -2.60. The fourth-order valence-corrected chi connectivity index (χ4v) is 9.58. The molecule has 220 valence electrons. The van der Waals surface area contributed by atoms with Crippen LogP contribution in [0.2, 0.25) is 0 Å². The number of aliphatic hydroxyl groups excluding tert-OH is 1. The number of anilines is 1. The topological polar surface area (TPSA) is 81.2 Å². The second-order valence-electron chi connectivity index (χ2n) is 13.0. The Morgan fingerprint density at radius 3 is 2.17 bits per heavy atom. The predicted octanol–water partition coefficient (Wildman–Crippen LogP) is 4.08. The first-order valence-corrected chi connectivity index (χ1v) is 15.5. The molecule has 2 aromatic carbocycles. The Bertz CT molecular complexity index is 1440. The molecule has 7 nitrogen and oxygen atoms in total. The molecule has 8 heteroatoms. The van der Waals surface area contributed by atoms with Gasteiger partial charge in [-0.25, -0.2) is 0 Å². The van der Waals surface area contributed by atoms with Crippen LogP contribution in [0.25, 0.3) is 0 Å². The number of thioether (sulfide) groups is 1. The summed E-state index contributed by atoms with van der Waals surface area (Å²) in [6.45, 7) is 8.57. The third kappa shape index (κ3) is 4.42. The van der Waals surface area contributed by atoms with Gasteiger partial charge < -0.3 is 19.8 Å². The molecule has 0 saturated carbocycles. The highest BCUT2D eigenvalue weighted by Crippen LogP contribution is 2.66. The molecule has 3 amide bonds. The van der Waals surface area contributed by atoms with Gasteiger partial charge in [-0.2, -0.15) is 0 Å². The minimum atomic E-state index is -0.961. The van der Waals surface area contributed by atoms with E-state index in [2.05, 4.69) is 6.08 Å². The van der Waals surface area contributed by atoms with E-state index in [1.165, 1.54) is 0 Å². The van der Waals surface area contributed by atoms with Crippen molar-refractivity contribution >= 4 is 35.2 Å². The molecule has 2 fully saturated rings. The van der Waals surface area contributed by atoms with Gasteiger partial charge in [-0.05, 0) is 51.8 Å². The average molecular weight is 586 g/mol. The fourth-order valence-electron chi connectivity index (χ4n) is 7.43. The molecule has 4 aliphatic rings. The highest BCUT2D eigenvalue weighted by atomic mass is 32.2. The highest BCUT2D eigenvalue weighted by molar-refractivity contribution is 8.02. The van der Waals surface area contributed by atoms with Crippen molar-refractivity contribution in [1.82, 2.24) is 9.80 Å². The van der Waals surface area contributed by atoms with E-state index >= 15 is 0 Å². The number of rotatable bonds is 5. The summed E-state index contributed by atoms with van der Waals surface area (Å²) in [6.07, 6.45) is 8.54. The van der Waals surface area contributed by atoms with Crippen LogP contribution in [0.1, 0.15) is 33.3 Å². The third-order valence-electron chi connectivity index (χ3n) is 9.29. The predicted molar refractivity (Wildman–Crippen MR) is 166 cm³/mol. The Kier molecular flexibility index (Phi) is 7.13. The van der Waals surface area contributed by atoms with Crippen LogP contribution in [-0.2, 0) is 20.8 Å². The summed E-state index contributed by atoms with van der Waals surface area (Å²) in [5, 5.41) is 10.7. The molecule has 2 saturated heterocycles. The van der Waals surface area contributed by atoms with Gasteiger partial charge >= 0.3 is 0 Å². The van der Waals surface area contributed by atoms with Crippen molar-refractivity contribution in [3.8, 4) is 0 Å². The van der Waals surface area contributed by atoms with Crippen LogP contribution in [0.3, 0.4) is 0 Å². The van der Waals surface area contributed by atoms with E-state index in [0.717, 1.165) is 11.3 Å². The lowest BCUT2D eigenvalue weighted by atomic mass is 9.74. The number of benzene rings is 2. The number of amides is 3. The Labute approximate surface area is 252 Å². The van der Waals surface area contributed by atoms with Gasteiger partial charge in [0.2, 0.25) is 17.7 Å². The summed E-state index contributed by atoms with van der Waals surface area (Å²) in [6, 6.07) is 17.8. The maximum absolute atomic E-state index is 14.9. The Hall–Kier alpha value is -3.36. The molecule has 0 aliphatic carbocycles. The zero-order chi connectivity index (χ0) is 29.9. The number of hydrogen-bond acceptors (Lipinski definition) is 5. The Balaban J connectivity index is 1.50. The average Bonchev–Trinajstić information content (AvgIpc) is 3.23. The van der Waals surface area contributed by atoms with Crippen LogP contribution < -0.4 is 4.90 Å². The second kappa shape index (κ2) is 10.4. The normalized spacial score (nSPS) is 31.5. The van der Waals surface area contributed by atoms with E-state index in [9.17, 15) is 19.5 Å². The largest absolute Gasteiger partial charge is 0.394 e. The molecule has 6 atom stereocenters. The van der Waals surface area contributed by atoms with E-state index < -0.39 is 39.0 Å². The first-order valence-electron chi connectivity index (χ1n) is 14.7. The SMILES string of the molecule is CC(C)(C)N1CC=C[C@]23S[C@]4(C)C=CCN(c5ccccc5)C(=O)[C@@H]4[C@H]2C(=O)N([C@@H](CO)Cc2ccccc2)C3C1=O. The lowest BCUT2D eigenvalue weighted by molar-refractivity contribution is -0.148. The highest BCUT2D eigenvalue weighted by Gasteiger charge is 2.74. The molecule has 0 bridgehead atoms. The molecule has 1 unspecified atom stereocenters. The summed E-state index contributed by atoms with van der Waals surface area (Å²) < 4.78 is -1.65. The van der Waals surface area contributed by atoms with Gasteiger partial charge in [0.05, 0.1) is 29.2 Å². The molecule has 6 rings (SSSR count). The van der Waals surface area contributed by atoms with E-state index in [4.69, 9.17) is 0 Å². The molecule has 0 aromatic heterocycles. The van der Waals surface area contributed by atoms with Gasteiger partial charge in [0, 0.05) is 29.1 Å². The number of fused-ring (bicyclic) bond motifs is 2. The Morgan fingerprint density at radius 1 is 0.881 bits per heavy atom. The summed E-state index contributed by atoms with van der Waals surface area (Å²) in [5.41, 5.74) is 1.27. The number of likely N-dealkylation sites (tertiary alicyclic amines) is 1. The minimum absolute atomic E-state index is 0.113. The maximum atomic E-state index is 14.9. The van der Waals surface area contributed by atoms with Gasteiger partial charge in [0.25, 0.3) is 0 Å². The number of nitrogens with zero attached hydrogens (tertiary/aromatic N) is 3. The monoisotopic (exact) mass is 585 g/mol. The molecule has 1 N–H and O–H groups in total. The molecular formula is C34H39N3O4S. The summed E-state index contributed by atoms with van der Waals surface area (Å²) in [7, 11) is 0. The number of aliphatic hydroxyl groups is 1. The van der Waals surface area contributed by atoms with E-state index in [1.807, 2.05) is 111 Å². The zero-order valence-corrected chi connectivity index (χ0v) is 25.5. The van der Waals surface area contributed by atoms with Gasteiger partial charge in [-0.3, -0.25) is 14.4 Å². The smallest absolute Gasteiger partial charge is 0.247 e. The van der Waals surface area contributed by atoms with Gasteiger partial charge in [-0.1, -0.05) is 72.8 Å². The molecular weight excluding hydrogens is 546 g/mol. The van der Waals surface area contributed by atoms with Crippen molar-refractivity contribution in [3.63, 3.8) is 0 Å². The number of carbonyl (C=O) groups excluding carboxylic acids is 3. The first-order chi connectivity index (χ1) is 20.0. The molecule has 0 radical (unpaired) electrons. The van der Waals surface area contributed by atoms with Crippen molar-refractivity contribution in [2.24, 2.45) is 11.8 Å². The third-order valence-corrected chi connectivity index (χ3v) is 11.1. The number of carbonyl (C=O) groups is 3. The first kappa shape index (κ1) is 28.7. The molecule has 2 aromatic rings. The molecule has 4 aliphatic heterocycles. The van der Waals surface area contributed by atoms with Crippen LogP contribution in [0.4, 0.5) is 5.69 Å². The van der Waals surface area contributed by atoms with Crippen LogP contribution in [0.5, 0.6) is 0 Å². The van der Waals surface area contributed by atoms with Crippen LogP contribution >= 0.6 is 11.8 Å². The fraction of sp³-hybridized carbons (Fsp3) is 0.441.